The average molecular weight is 438 g/mol. The molecule has 0 aliphatic rings. The molecule has 0 fully saturated rings. The SMILES string of the molecule is CC(C)(C)c1ccc(NC(=O)NCCc2csc3nc(-c4ccccc4F)nn23)cc1. The van der Waals surface area contributed by atoms with Crippen LogP contribution in [0.5, 0.6) is 0 Å². The van der Waals surface area contributed by atoms with Crippen molar-refractivity contribution < 1.29 is 9.18 Å². The molecule has 0 saturated carbocycles. The lowest BCUT2D eigenvalue weighted by Crippen LogP contribution is -2.30. The Balaban J connectivity index is 1.35. The summed E-state index contributed by atoms with van der Waals surface area (Å²) in [5.41, 5.74) is 3.31. The van der Waals surface area contributed by atoms with Crippen LogP contribution < -0.4 is 10.6 Å². The van der Waals surface area contributed by atoms with Crippen LogP contribution in [0.15, 0.2) is 53.9 Å². The third-order valence-corrected chi connectivity index (χ3v) is 5.81. The number of halogens is 1. The normalized spacial score (nSPS) is 11.6. The lowest BCUT2D eigenvalue weighted by Gasteiger charge is -2.19. The number of rotatable bonds is 5. The molecule has 6 nitrogen and oxygen atoms in total. The highest BCUT2D eigenvalue weighted by molar-refractivity contribution is 7.15. The van der Waals surface area contributed by atoms with E-state index >= 15 is 0 Å². The summed E-state index contributed by atoms with van der Waals surface area (Å²) in [5, 5.41) is 12.1. The summed E-state index contributed by atoms with van der Waals surface area (Å²) in [6, 6.07) is 14.0. The van der Waals surface area contributed by atoms with Gasteiger partial charge in [-0.05, 0) is 35.2 Å². The number of carbonyl (C=O) groups is 1. The maximum absolute atomic E-state index is 14.0. The van der Waals surface area contributed by atoms with Gasteiger partial charge in [0, 0.05) is 24.0 Å². The number of fused-ring (bicyclic) bond motifs is 1. The number of hydrogen-bond donors (Lipinski definition) is 2. The highest BCUT2D eigenvalue weighted by Gasteiger charge is 2.15. The summed E-state index contributed by atoms with van der Waals surface area (Å²) in [7, 11) is 0. The zero-order chi connectivity index (χ0) is 22.0. The molecule has 0 saturated heterocycles. The van der Waals surface area contributed by atoms with Crippen LogP contribution in [-0.2, 0) is 11.8 Å². The van der Waals surface area contributed by atoms with E-state index in [1.807, 2.05) is 29.6 Å². The Kier molecular flexibility index (Phi) is 5.73. The van der Waals surface area contributed by atoms with Gasteiger partial charge in [-0.15, -0.1) is 16.4 Å². The Hall–Kier alpha value is -3.26. The molecule has 0 spiro atoms. The minimum Gasteiger partial charge on any atom is -0.337 e. The van der Waals surface area contributed by atoms with Gasteiger partial charge in [-0.3, -0.25) is 0 Å². The molecule has 2 aromatic carbocycles. The number of hydrogen-bond acceptors (Lipinski definition) is 4. The van der Waals surface area contributed by atoms with Crippen molar-refractivity contribution in [2.24, 2.45) is 0 Å². The minimum absolute atomic E-state index is 0.0696. The number of benzene rings is 2. The fourth-order valence-electron chi connectivity index (χ4n) is 3.19. The van der Waals surface area contributed by atoms with E-state index in [1.165, 1.54) is 23.0 Å². The largest absolute Gasteiger partial charge is 0.337 e. The number of carbonyl (C=O) groups excluding carboxylic acids is 1. The van der Waals surface area contributed by atoms with Gasteiger partial charge in [-0.2, -0.15) is 4.98 Å². The van der Waals surface area contributed by atoms with Crippen LogP contribution in [-0.4, -0.2) is 27.2 Å². The summed E-state index contributed by atoms with van der Waals surface area (Å²) < 4.78 is 15.7. The summed E-state index contributed by atoms with van der Waals surface area (Å²) in [6.07, 6.45) is 0.580. The quantitative estimate of drug-likeness (QED) is 0.447. The van der Waals surface area contributed by atoms with Crippen molar-refractivity contribution in [2.75, 3.05) is 11.9 Å². The fraction of sp³-hybridized carbons (Fsp3) is 0.261. The Bertz CT molecular complexity index is 1210. The Morgan fingerprint density at radius 2 is 1.87 bits per heavy atom. The van der Waals surface area contributed by atoms with Crippen molar-refractivity contribution in [1.29, 1.82) is 0 Å². The standard InChI is InChI=1S/C23H24FN5OS/c1-23(2,3)15-8-10-16(11-9-15)26-21(30)25-13-12-17-14-31-22-27-20(28-29(17)22)18-6-4-5-7-19(18)24/h4-11,14H,12-13H2,1-3H3,(H2,25,26,30). The molecule has 0 unspecified atom stereocenters. The second kappa shape index (κ2) is 8.47. The minimum atomic E-state index is -0.351. The third kappa shape index (κ3) is 4.74. The second-order valence-electron chi connectivity index (χ2n) is 8.29. The summed E-state index contributed by atoms with van der Waals surface area (Å²) >= 11 is 1.44. The second-order valence-corrected chi connectivity index (χ2v) is 9.13. The van der Waals surface area contributed by atoms with Gasteiger partial charge in [-0.1, -0.05) is 45.0 Å². The van der Waals surface area contributed by atoms with Crippen LogP contribution >= 0.6 is 11.3 Å². The van der Waals surface area contributed by atoms with E-state index in [0.29, 0.717) is 29.3 Å². The van der Waals surface area contributed by atoms with Crippen LogP contribution in [0.25, 0.3) is 16.3 Å². The first kappa shape index (κ1) is 21.0. The number of amides is 2. The zero-order valence-electron chi connectivity index (χ0n) is 17.6. The van der Waals surface area contributed by atoms with Gasteiger partial charge in [0.2, 0.25) is 4.96 Å². The molecule has 160 valence electrons. The van der Waals surface area contributed by atoms with Crippen molar-refractivity contribution in [1.82, 2.24) is 19.9 Å². The molecule has 0 bridgehead atoms. The fourth-order valence-corrected chi connectivity index (χ4v) is 4.04. The molecule has 2 heterocycles. The molecule has 0 atom stereocenters. The van der Waals surface area contributed by atoms with E-state index in [-0.39, 0.29) is 17.3 Å². The van der Waals surface area contributed by atoms with E-state index in [4.69, 9.17) is 0 Å². The van der Waals surface area contributed by atoms with Gasteiger partial charge in [0.25, 0.3) is 0 Å². The zero-order valence-corrected chi connectivity index (χ0v) is 18.5. The van der Waals surface area contributed by atoms with Crippen LogP contribution in [0.3, 0.4) is 0 Å². The van der Waals surface area contributed by atoms with Crippen molar-refractivity contribution in [3.63, 3.8) is 0 Å². The van der Waals surface area contributed by atoms with E-state index in [0.717, 1.165) is 11.4 Å². The monoisotopic (exact) mass is 437 g/mol. The van der Waals surface area contributed by atoms with E-state index in [9.17, 15) is 9.18 Å². The molecular weight excluding hydrogens is 413 g/mol. The summed E-state index contributed by atoms with van der Waals surface area (Å²) in [4.78, 5) is 17.3. The molecule has 0 aliphatic heterocycles. The molecule has 2 N–H and O–H groups in total. The van der Waals surface area contributed by atoms with E-state index in [1.54, 1.807) is 22.7 Å². The maximum atomic E-state index is 14.0. The van der Waals surface area contributed by atoms with E-state index in [2.05, 4.69) is 41.5 Å². The van der Waals surface area contributed by atoms with Gasteiger partial charge >= 0.3 is 6.03 Å². The molecular formula is C23H24FN5OS. The summed E-state index contributed by atoms with van der Waals surface area (Å²) in [6.45, 7) is 6.89. The lowest BCUT2D eigenvalue weighted by atomic mass is 9.87. The number of nitrogens with one attached hydrogen (secondary N) is 2. The first-order chi connectivity index (χ1) is 14.8. The Morgan fingerprint density at radius 3 is 2.58 bits per heavy atom. The van der Waals surface area contributed by atoms with Crippen LogP contribution in [0, 0.1) is 5.82 Å². The molecule has 2 aromatic heterocycles. The number of urea groups is 1. The Labute approximate surface area is 184 Å². The molecule has 8 heteroatoms. The van der Waals surface area contributed by atoms with Crippen molar-refractivity contribution in [3.05, 3.63) is 71.0 Å². The Morgan fingerprint density at radius 1 is 1.13 bits per heavy atom. The molecule has 4 aromatic rings. The van der Waals surface area contributed by atoms with Gasteiger partial charge < -0.3 is 10.6 Å². The van der Waals surface area contributed by atoms with E-state index < -0.39 is 0 Å². The van der Waals surface area contributed by atoms with Gasteiger partial charge in [0.1, 0.15) is 5.82 Å². The topological polar surface area (TPSA) is 71.3 Å². The third-order valence-electron chi connectivity index (χ3n) is 4.94. The van der Waals surface area contributed by atoms with Crippen LogP contribution in [0.1, 0.15) is 32.0 Å². The highest BCUT2D eigenvalue weighted by atomic mass is 32.1. The lowest BCUT2D eigenvalue weighted by molar-refractivity contribution is 0.252. The first-order valence-electron chi connectivity index (χ1n) is 10.0. The van der Waals surface area contributed by atoms with Gasteiger partial charge in [-0.25, -0.2) is 13.7 Å². The van der Waals surface area contributed by atoms with Gasteiger partial charge in [0.15, 0.2) is 5.82 Å². The predicted octanol–water partition coefficient (Wildman–Crippen LogP) is 5.26. The summed E-state index contributed by atoms with van der Waals surface area (Å²) in [5.74, 6) is 0.00628. The molecule has 0 radical (unpaired) electrons. The van der Waals surface area contributed by atoms with Crippen molar-refractivity contribution >= 4 is 28.0 Å². The molecule has 31 heavy (non-hydrogen) atoms. The number of nitrogens with zero attached hydrogens (tertiary/aromatic N) is 3. The maximum Gasteiger partial charge on any atom is 0.319 e. The van der Waals surface area contributed by atoms with Crippen molar-refractivity contribution in [2.45, 2.75) is 32.6 Å². The predicted molar refractivity (Wildman–Crippen MR) is 122 cm³/mol. The average Bonchev–Trinajstić information content (AvgIpc) is 3.30. The van der Waals surface area contributed by atoms with Crippen molar-refractivity contribution in [3.8, 4) is 11.4 Å². The molecule has 0 aliphatic carbocycles. The number of aromatic nitrogens is 3. The highest BCUT2D eigenvalue weighted by Crippen LogP contribution is 2.24. The van der Waals surface area contributed by atoms with Gasteiger partial charge in [0.05, 0.1) is 11.3 Å². The molecule has 2 amide bonds. The van der Waals surface area contributed by atoms with Crippen LogP contribution in [0.2, 0.25) is 0 Å². The number of anilines is 1. The smallest absolute Gasteiger partial charge is 0.319 e. The number of thiazole rings is 1. The first-order valence-corrected chi connectivity index (χ1v) is 10.9. The van der Waals surface area contributed by atoms with Crippen LogP contribution in [0.4, 0.5) is 14.9 Å². The molecule has 4 rings (SSSR count).